The van der Waals surface area contributed by atoms with Crippen LogP contribution in [-0.2, 0) is 0 Å². The molecule has 0 spiro atoms. The second kappa shape index (κ2) is 5.29. The first-order chi connectivity index (χ1) is 6.65. The van der Waals surface area contributed by atoms with Gasteiger partial charge in [-0.25, -0.2) is 0 Å². The highest BCUT2D eigenvalue weighted by Crippen LogP contribution is 2.23. The van der Waals surface area contributed by atoms with Crippen molar-refractivity contribution < 1.29 is 0 Å². The summed E-state index contributed by atoms with van der Waals surface area (Å²) in [6.45, 7) is 7.56. The van der Waals surface area contributed by atoms with Crippen molar-refractivity contribution in [1.29, 1.82) is 0 Å². The molecule has 1 aromatic rings. The number of hydrogen-bond donors (Lipinski definition) is 1. The average molecular weight is 210 g/mol. The summed E-state index contributed by atoms with van der Waals surface area (Å²) in [6.07, 6.45) is 0. The van der Waals surface area contributed by atoms with Crippen molar-refractivity contribution in [3.8, 4) is 0 Å². The lowest BCUT2D eigenvalue weighted by atomic mass is 10.2. The molecular weight excluding hydrogens is 192 g/mol. The summed E-state index contributed by atoms with van der Waals surface area (Å²) >= 11 is 1.79. The summed E-state index contributed by atoms with van der Waals surface area (Å²) in [5.41, 5.74) is 6.60. The van der Waals surface area contributed by atoms with Crippen LogP contribution in [0.25, 0.3) is 0 Å². The molecule has 1 rings (SSSR count). The topological polar surface area (TPSA) is 29.3 Å². The van der Waals surface area contributed by atoms with E-state index < -0.39 is 0 Å². The van der Waals surface area contributed by atoms with E-state index in [2.05, 4.69) is 43.0 Å². The second-order valence-corrected chi connectivity index (χ2v) is 4.54. The van der Waals surface area contributed by atoms with Crippen LogP contribution >= 0.6 is 11.3 Å². The lowest BCUT2D eigenvalue weighted by molar-refractivity contribution is 0.286. The predicted molar refractivity (Wildman–Crippen MR) is 63.6 cm³/mol. The molecule has 0 bridgehead atoms. The van der Waals surface area contributed by atoms with E-state index in [-0.39, 0.29) is 0 Å². The number of nitrogens with zero attached hydrogens (tertiary/aromatic N) is 1. The summed E-state index contributed by atoms with van der Waals surface area (Å²) in [5, 5.41) is 2.11. The molecule has 0 aliphatic rings. The highest BCUT2D eigenvalue weighted by molar-refractivity contribution is 7.10. The summed E-state index contributed by atoms with van der Waals surface area (Å²) in [4.78, 5) is 3.65. The van der Waals surface area contributed by atoms with Gasteiger partial charge in [0.2, 0.25) is 0 Å². The highest BCUT2D eigenvalue weighted by atomic mass is 32.1. The third-order valence-electron chi connectivity index (χ3n) is 2.38. The minimum atomic E-state index is 0.443. The van der Waals surface area contributed by atoms with Gasteiger partial charge in [0.1, 0.15) is 0 Å². The van der Waals surface area contributed by atoms with Gasteiger partial charge in [-0.15, -0.1) is 11.3 Å². The normalized spacial score (nSPS) is 13.1. The molecule has 14 heavy (non-hydrogen) atoms. The molecule has 2 nitrogen and oxygen atoms in total. The Hall–Kier alpha value is -0.640. The maximum Gasteiger partial charge on any atom is 0.0413 e. The third-order valence-corrected chi connectivity index (χ3v) is 3.42. The monoisotopic (exact) mass is 210 g/mol. The smallest absolute Gasteiger partial charge is 0.0413 e. The van der Waals surface area contributed by atoms with E-state index >= 15 is 0 Å². The van der Waals surface area contributed by atoms with E-state index in [4.69, 9.17) is 5.73 Å². The lowest BCUT2D eigenvalue weighted by Crippen LogP contribution is -2.26. The van der Waals surface area contributed by atoms with Gasteiger partial charge in [-0.3, -0.25) is 4.90 Å². The molecule has 1 heterocycles. The van der Waals surface area contributed by atoms with E-state index in [0.717, 1.165) is 12.1 Å². The average Bonchev–Trinajstić information content (AvgIpc) is 2.69. The first kappa shape index (κ1) is 11.4. The van der Waals surface area contributed by atoms with Gasteiger partial charge in [0.15, 0.2) is 0 Å². The number of hydrogen-bond acceptors (Lipinski definition) is 3. The van der Waals surface area contributed by atoms with Gasteiger partial charge in [-0.05, 0) is 31.0 Å². The van der Waals surface area contributed by atoms with Crippen LogP contribution in [0.3, 0.4) is 0 Å². The van der Waals surface area contributed by atoms with Crippen LogP contribution in [0.15, 0.2) is 29.7 Å². The Morgan fingerprint density at radius 3 is 2.93 bits per heavy atom. The van der Waals surface area contributed by atoms with Crippen LogP contribution in [0, 0.1) is 0 Å². The summed E-state index contributed by atoms with van der Waals surface area (Å²) in [6, 6.07) is 4.69. The molecule has 0 fully saturated rings. The fourth-order valence-electron chi connectivity index (χ4n) is 1.30. The molecule has 0 saturated heterocycles. The van der Waals surface area contributed by atoms with Crippen LogP contribution in [0.1, 0.15) is 17.8 Å². The first-order valence-electron chi connectivity index (χ1n) is 4.75. The quantitative estimate of drug-likeness (QED) is 0.755. The fourth-order valence-corrected chi connectivity index (χ4v) is 2.15. The van der Waals surface area contributed by atoms with Crippen molar-refractivity contribution in [2.24, 2.45) is 5.73 Å². The van der Waals surface area contributed by atoms with Gasteiger partial charge in [-0.1, -0.05) is 12.6 Å². The SMILES string of the molecule is C=C(CN)CN(C)C(C)c1cccs1. The van der Waals surface area contributed by atoms with Crippen molar-refractivity contribution in [2.45, 2.75) is 13.0 Å². The Kier molecular flexibility index (Phi) is 4.32. The molecule has 1 atom stereocenters. The Bertz CT molecular complexity index is 279. The van der Waals surface area contributed by atoms with Gasteiger partial charge >= 0.3 is 0 Å². The minimum Gasteiger partial charge on any atom is -0.327 e. The van der Waals surface area contributed by atoms with Crippen LogP contribution in [0.2, 0.25) is 0 Å². The molecule has 1 unspecified atom stereocenters. The molecule has 0 amide bonds. The lowest BCUT2D eigenvalue weighted by Gasteiger charge is -2.24. The molecule has 0 aliphatic heterocycles. The van der Waals surface area contributed by atoms with Gasteiger partial charge in [0, 0.05) is 24.0 Å². The van der Waals surface area contributed by atoms with E-state index in [9.17, 15) is 0 Å². The van der Waals surface area contributed by atoms with E-state index in [1.165, 1.54) is 4.88 Å². The number of thiophene rings is 1. The Morgan fingerprint density at radius 2 is 2.43 bits per heavy atom. The molecule has 0 aromatic carbocycles. The van der Waals surface area contributed by atoms with Crippen LogP contribution in [0.4, 0.5) is 0 Å². The molecule has 0 saturated carbocycles. The Morgan fingerprint density at radius 1 is 1.71 bits per heavy atom. The van der Waals surface area contributed by atoms with Crippen LogP contribution in [0.5, 0.6) is 0 Å². The number of rotatable bonds is 5. The van der Waals surface area contributed by atoms with Crippen LogP contribution in [-0.4, -0.2) is 25.0 Å². The first-order valence-corrected chi connectivity index (χ1v) is 5.63. The van der Waals surface area contributed by atoms with E-state index in [0.29, 0.717) is 12.6 Å². The van der Waals surface area contributed by atoms with Crippen molar-refractivity contribution in [1.82, 2.24) is 4.90 Å². The molecule has 0 radical (unpaired) electrons. The molecule has 2 N–H and O–H groups in total. The Balaban J connectivity index is 2.53. The molecular formula is C11H18N2S. The second-order valence-electron chi connectivity index (χ2n) is 3.56. The van der Waals surface area contributed by atoms with Crippen molar-refractivity contribution in [3.63, 3.8) is 0 Å². The van der Waals surface area contributed by atoms with E-state index in [1.54, 1.807) is 11.3 Å². The van der Waals surface area contributed by atoms with Crippen molar-refractivity contribution in [2.75, 3.05) is 20.1 Å². The summed E-state index contributed by atoms with van der Waals surface area (Å²) < 4.78 is 0. The van der Waals surface area contributed by atoms with Gasteiger partial charge in [-0.2, -0.15) is 0 Å². The largest absolute Gasteiger partial charge is 0.327 e. The summed E-state index contributed by atoms with van der Waals surface area (Å²) in [7, 11) is 2.10. The van der Waals surface area contributed by atoms with Gasteiger partial charge in [0.25, 0.3) is 0 Å². The van der Waals surface area contributed by atoms with E-state index in [1.807, 2.05) is 0 Å². The fraction of sp³-hybridized carbons (Fsp3) is 0.455. The standard InChI is InChI=1S/C11H18N2S/c1-9(7-12)8-13(3)10(2)11-5-4-6-14-11/h4-6,10H,1,7-8,12H2,2-3H3. The zero-order valence-corrected chi connectivity index (χ0v) is 9.68. The third kappa shape index (κ3) is 2.94. The van der Waals surface area contributed by atoms with Crippen molar-refractivity contribution in [3.05, 3.63) is 34.5 Å². The zero-order valence-electron chi connectivity index (χ0n) is 8.86. The Labute approximate surface area is 90.0 Å². The number of likely N-dealkylation sites (N-methyl/N-ethyl adjacent to an activating group) is 1. The van der Waals surface area contributed by atoms with Crippen LogP contribution < -0.4 is 5.73 Å². The number of nitrogens with two attached hydrogens (primary N) is 1. The predicted octanol–water partition coefficient (Wildman–Crippen LogP) is 2.26. The highest BCUT2D eigenvalue weighted by Gasteiger charge is 2.12. The van der Waals surface area contributed by atoms with Gasteiger partial charge < -0.3 is 5.73 Å². The zero-order chi connectivity index (χ0) is 10.6. The molecule has 1 aromatic heterocycles. The maximum atomic E-state index is 5.52. The minimum absolute atomic E-state index is 0.443. The van der Waals surface area contributed by atoms with Gasteiger partial charge in [0.05, 0.1) is 0 Å². The molecule has 0 aliphatic carbocycles. The summed E-state index contributed by atoms with van der Waals surface area (Å²) in [5.74, 6) is 0. The van der Waals surface area contributed by atoms with Crippen molar-refractivity contribution >= 4 is 11.3 Å². The molecule has 78 valence electrons. The molecule has 3 heteroatoms. The maximum absolute atomic E-state index is 5.52.